The molecule has 43 heavy (non-hydrogen) atoms. The van der Waals surface area contributed by atoms with E-state index in [-0.39, 0.29) is 53.8 Å². The molecular weight excluding hydrogens is 556 g/mol. The van der Waals surface area contributed by atoms with Crippen molar-refractivity contribution < 1.29 is 33.3 Å². The standard InChI is InChI=1S/C33H35F2N3O5/c34-27-16-28-32(37-33(36-28)43-25-11-3-20(4-12-25)15-29(40)41)31(35)30(27)24-9-7-23(8-10-24)22-5-1-21(2-6-22)17-38-18-26(19-38)42-14-13-39/h1-2,5-10,16,20,25-26,39H,3-4,11-15,17-19H2,(H,36,37)(H,40,41). The summed E-state index contributed by atoms with van der Waals surface area (Å²) in [5, 5.41) is 17.9. The van der Waals surface area contributed by atoms with Gasteiger partial charge in [0, 0.05) is 32.1 Å². The fourth-order valence-corrected chi connectivity index (χ4v) is 6.10. The highest BCUT2D eigenvalue weighted by molar-refractivity contribution is 5.84. The van der Waals surface area contributed by atoms with Crippen molar-refractivity contribution in [1.29, 1.82) is 0 Å². The lowest BCUT2D eigenvalue weighted by Gasteiger charge is -2.38. The molecule has 0 radical (unpaired) electrons. The number of imidazole rings is 1. The Balaban J connectivity index is 1.10. The Kier molecular flexibility index (Phi) is 8.69. The number of aliphatic hydroxyl groups is 1. The van der Waals surface area contributed by atoms with Gasteiger partial charge in [-0.15, -0.1) is 0 Å². The third kappa shape index (κ3) is 6.71. The number of halogens is 2. The number of aromatic amines is 1. The Hall–Kier alpha value is -3.86. The molecule has 1 saturated heterocycles. The first-order valence-corrected chi connectivity index (χ1v) is 14.8. The molecule has 3 aromatic carbocycles. The Bertz CT molecular complexity index is 1560. The lowest BCUT2D eigenvalue weighted by Crippen LogP contribution is -2.51. The minimum atomic E-state index is -0.794. The number of H-pyrrole nitrogens is 1. The number of aromatic nitrogens is 2. The summed E-state index contributed by atoms with van der Waals surface area (Å²) in [7, 11) is 0. The van der Waals surface area contributed by atoms with Crippen molar-refractivity contribution in [2.75, 3.05) is 26.3 Å². The minimum absolute atomic E-state index is 0.0131. The van der Waals surface area contributed by atoms with Crippen LogP contribution >= 0.6 is 0 Å². The maximum atomic E-state index is 15.6. The van der Waals surface area contributed by atoms with Gasteiger partial charge in [-0.25, -0.2) is 8.78 Å². The average Bonchev–Trinajstić information content (AvgIpc) is 3.38. The third-order valence-corrected chi connectivity index (χ3v) is 8.42. The molecule has 0 atom stereocenters. The number of benzene rings is 3. The molecular formula is C33H35F2N3O5. The zero-order valence-electron chi connectivity index (χ0n) is 23.8. The number of hydrogen-bond acceptors (Lipinski definition) is 6. The summed E-state index contributed by atoms with van der Waals surface area (Å²) in [5.41, 5.74) is 3.63. The van der Waals surface area contributed by atoms with Crippen molar-refractivity contribution in [3.05, 3.63) is 71.8 Å². The van der Waals surface area contributed by atoms with Gasteiger partial charge in [0.1, 0.15) is 17.4 Å². The molecule has 4 aromatic rings. The summed E-state index contributed by atoms with van der Waals surface area (Å²) in [6, 6.07) is 16.7. The Morgan fingerprint density at radius 1 is 0.953 bits per heavy atom. The number of rotatable bonds is 11. The van der Waals surface area contributed by atoms with E-state index in [0.29, 0.717) is 25.0 Å². The maximum absolute atomic E-state index is 15.6. The van der Waals surface area contributed by atoms with E-state index in [1.54, 1.807) is 12.1 Å². The monoisotopic (exact) mass is 591 g/mol. The van der Waals surface area contributed by atoms with E-state index in [1.807, 2.05) is 24.3 Å². The number of fused-ring (bicyclic) bond motifs is 1. The topological polar surface area (TPSA) is 108 Å². The molecule has 10 heteroatoms. The van der Waals surface area contributed by atoms with Gasteiger partial charge in [-0.3, -0.25) is 9.69 Å². The Labute approximate surface area is 248 Å². The number of carboxylic acid groups (broad SMARTS) is 1. The number of nitrogens with one attached hydrogen (secondary N) is 1. The van der Waals surface area contributed by atoms with Gasteiger partial charge < -0.3 is 24.7 Å². The molecule has 0 unspecified atom stereocenters. The molecule has 0 spiro atoms. The SMILES string of the molecule is O=C(O)CC1CCC(Oc2nc3c(F)c(-c4ccc(-c5ccc(CN6CC(OCCO)C6)cc5)cc4)c(F)cc3[nH]2)CC1. The summed E-state index contributed by atoms with van der Waals surface area (Å²) in [6.07, 6.45) is 3.05. The number of hydrogen-bond donors (Lipinski definition) is 3. The number of carbonyl (C=O) groups is 1. The van der Waals surface area contributed by atoms with Gasteiger partial charge >= 0.3 is 5.97 Å². The van der Waals surface area contributed by atoms with Crippen molar-refractivity contribution in [1.82, 2.24) is 14.9 Å². The molecule has 0 amide bonds. The molecule has 2 heterocycles. The third-order valence-electron chi connectivity index (χ3n) is 8.42. The molecule has 8 nitrogen and oxygen atoms in total. The van der Waals surface area contributed by atoms with Gasteiger partial charge in [0.15, 0.2) is 5.82 Å². The summed E-state index contributed by atoms with van der Waals surface area (Å²) in [4.78, 5) is 20.4. The molecule has 3 N–H and O–H groups in total. The summed E-state index contributed by atoms with van der Waals surface area (Å²) in [6.45, 7) is 2.95. The van der Waals surface area contributed by atoms with Crippen molar-refractivity contribution in [2.24, 2.45) is 5.92 Å². The molecule has 1 saturated carbocycles. The van der Waals surface area contributed by atoms with Crippen LogP contribution in [0.15, 0.2) is 54.6 Å². The predicted molar refractivity (Wildman–Crippen MR) is 158 cm³/mol. The molecule has 1 aliphatic heterocycles. The highest BCUT2D eigenvalue weighted by atomic mass is 19.1. The van der Waals surface area contributed by atoms with Crippen LogP contribution in [0.4, 0.5) is 8.78 Å². The fraction of sp³-hybridized carbons (Fsp3) is 0.394. The second-order valence-corrected chi connectivity index (χ2v) is 11.5. The van der Waals surface area contributed by atoms with Crippen molar-refractivity contribution in [2.45, 2.75) is 50.9 Å². The second-order valence-electron chi connectivity index (χ2n) is 11.5. The first-order chi connectivity index (χ1) is 20.9. The van der Waals surface area contributed by atoms with Gasteiger partial charge in [0.05, 0.1) is 30.4 Å². The van der Waals surface area contributed by atoms with E-state index in [2.05, 4.69) is 27.0 Å². The van der Waals surface area contributed by atoms with Crippen molar-refractivity contribution >= 4 is 17.0 Å². The average molecular weight is 592 g/mol. The molecule has 226 valence electrons. The summed E-state index contributed by atoms with van der Waals surface area (Å²) < 4.78 is 42.3. The summed E-state index contributed by atoms with van der Waals surface area (Å²) >= 11 is 0. The second kappa shape index (κ2) is 12.8. The van der Waals surface area contributed by atoms with Crippen LogP contribution in [-0.2, 0) is 16.1 Å². The lowest BCUT2D eigenvalue weighted by molar-refractivity contribution is -0.138. The van der Waals surface area contributed by atoms with Crippen LogP contribution in [0.1, 0.15) is 37.7 Å². The number of nitrogens with zero attached hydrogens (tertiary/aromatic N) is 2. The molecule has 6 rings (SSSR count). The first-order valence-electron chi connectivity index (χ1n) is 14.8. The zero-order chi connectivity index (χ0) is 29.9. The van der Waals surface area contributed by atoms with Crippen LogP contribution in [0.3, 0.4) is 0 Å². The molecule has 1 aromatic heterocycles. The molecule has 2 aliphatic rings. The van der Waals surface area contributed by atoms with Gasteiger partial charge in [-0.2, -0.15) is 4.98 Å². The molecule has 2 fully saturated rings. The van der Waals surface area contributed by atoms with Gasteiger partial charge in [0.2, 0.25) is 0 Å². The highest BCUT2D eigenvalue weighted by Gasteiger charge is 2.27. The number of ether oxygens (including phenoxy) is 2. The van der Waals surface area contributed by atoms with Crippen LogP contribution in [0.2, 0.25) is 0 Å². The number of aliphatic hydroxyl groups excluding tert-OH is 1. The van der Waals surface area contributed by atoms with Crippen LogP contribution in [0.5, 0.6) is 6.01 Å². The Morgan fingerprint density at radius 3 is 2.26 bits per heavy atom. The van der Waals surface area contributed by atoms with Crippen LogP contribution in [-0.4, -0.2) is 69.6 Å². The minimum Gasteiger partial charge on any atom is -0.481 e. The van der Waals surface area contributed by atoms with E-state index in [4.69, 9.17) is 19.7 Å². The number of carboxylic acids is 1. The van der Waals surface area contributed by atoms with Crippen molar-refractivity contribution in [3.63, 3.8) is 0 Å². The maximum Gasteiger partial charge on any atom is 0.303 e. The number of likely N-dealkylation sites (tertiary alicyclic amines) is 1. The largest absolute Gasteiger partial charge is 0.481 e. The first kappa shape index (κ1) is 29.2. The molecule has 1 aliphatic carbocycles. The summed E-state index contributed by atoms with van der Waals surface area (Å²) in [5.74, 6) is -2.10. The van der Waals surface area contributed by atoms with Gasteiger partial charge in [-0.1, -0.05) is 48.5 Å². The fourth-order valence-electron chi connectivity index (χ4n) is 6.10. The predicted octanol–water partition coefficient (Wildman–Crippen LogP) is 5.78. The van der Waals surface area contributed by atoms with E-state index in [0.717, 1.165) is 43.6 Å². The molecule has 0 bridgehead atoms. The Morgan fingerprint density at radius 2 is 1.60 bits per heavy atom. The van der Waals surface area contributed by atoms with Crippen LogP contribution < -0.4 is 4.74 Å². The lowest BCUT2D eigenvalue weighted by atomic mass is 9.85. The number of aliphatic carboxylic acids is 1. The van der Waals surface area contributed by atoms with Crippen LogP contribution in [0.25, 0.3) is 33.3 Å². The normalized spacial score (nSPS) is 19.4. The van der Waals surface area contributed by atoms with E-state index in [1.165, 1.54) is 11.6 Å². The van der Waals surface area contributed by atoms with Gasteiger partial charge in [0.25, 0.3) is 6.01 Å². The quantitative estimate of drug-likeness (QED) is 0.203. The smallest absolute Gasteiger partial charge is 0.303 e. The van der Waals surface area contributed by atoms with E-state index in [9.17, 15) is 4.79 Å². The highest BCUT2D eigenvalue weighted by Crippen LogP contribution is 2.35. The van der Waals surface area contributed by atoms with Crippen LogP contribution in [0, 0.1) is 17.6 Å². The van der Waals surface area contributed by atoms with E-state index >= 15 is 8.78 Å². The van der Waals surface area contributed by atoms with Crippen molar-refractivity contribution in [3.8, 4) is 28.3 Å². The zero-order valence-corrected chi connectivity index (χ0v) is 23.8. The van der Waals surface area contributed by atoms with E-state index < -0.39 is 17.6 Å². The van der Waals surface area contributed by atoms with Gasteiger partial charge in [-0.05, 0) is 53.9 Å².